The van der Waals surface area contributed by atoms with Crippen LogP contribution in [0.3, 0.4) is 0 Å². The molecule has 138 valence electrons. The van der Waals surface area contributed by atoms with Gasteiger partial charge in [-0.1, -0.05) is 11.6 Å². The molecule has 2 rings (SSSR count). The minimum absolute atomic E-state index is 0.0302. The van der Waals surface area contributed by atoms with Crippen molar-refractivity contribution in [1.29, 1.82) is 0 Å². The number of rotatable bonds is 7. The zero-order valence-corrected chi connectivity index (χ0v) is 15.2. The molecule has 1 N–H and O–H groups in total. The number of benzene rings is 2. The Hall–Kier alpha value is -2.85. The van der Waals surface area contributed by atoms with Crippen molar-refractivity contribution in [1.82, 2.24) is 4.83 Å². The Kier molecular flexibility index (Phi) is 6.01. The summed E-state index contributed by atoms with van der Waals surface area (Å²) in [5.41, 5.74) is -0.0954. The van der Waals surface area contributed by atoms with E-state index in [-0.39, 0.29) is 27.6 Å². The van der Waals surface area contributed by atoms with Crippen molar-refractivity contribution >= 4 is 33.5 Å². The molecule has 0 fully saturated rings. The summed E-state index contributed by atoms with van der Waals surface area (Å²) in [5.74, 6) is 0.0695. The van der Waals surface area contributed by atoms with Crippen LogP contribution < -0.4 is 14.3 Å². The number of nitrogens with zero attached hydrogens (tertiary/aromatic N) is 2. The summed E-state index contributed by atoms with van der Waals surface area (Å²) in [5, 5.41) is 15.2. The zero-order valence-electron chi connectivity index (χ0n) is 13.7. The summed E-state index contributed by atoms with van der Waals surface area (Å²) in [6.07, 6.45) is 1.11. The number of nitro groups is 1. The van der Waals surface area contributed by atoms with Crippen molar-refractivity contribution in [2.45, 2.75) is 4.90 Å². The molecule has 0 aliphatic rings. The number of methoxy groups -OCH3 is 2. The van der Waals surface area contributed by atoms with E-state index in [0.29, 0.717) is 5.02 Å². The lowest BCUT2D eigenvalue weighted by Crippen LogP contribution is -2.18. The van der Waals surface area contributed by atoms with Crippen molar-refractivity contribution < 1.29 is 22.8 Å². The largest absolute Gasteiger partial charge is 0.493 e. The van der Waals surface area contributed by atoms with Gasteiger partial charge in [-0.15, -0.1) is 0 Å². The van der Waals surface area contributed by atoms with E-state index in [1.807, 2.05) is 4.83 Å². The van der Waals surface area contributed by atoms with Crippen LogP contribution in [0.15, 0.2) is 46.4 Å². The van der Waals surface area contributed by atoms with Crippen LogP contribution in [-0.4, -0.2) is 33.8 Å². The highest BCUT2D eigenvalue weighted by molar-refractivity contribution is 7.89. The number of ether oxygens (including phenoxy) is 2. The molecule has 0 spiro atoms. The number of nitro benzene ring substituents is 1. The average molecular weight is 400 g/mol. The van der Waals surface area contributed by atoms with Crippen LogP contribution in [-0.2, 0) is 10.0 Å². The van der Waals surface area contributed by atoms with Crippen molar-refractivity contribution in [2.75, 3.05) is 14.2 Å². The van der Waals surface area contributed by atoms with E-state index in [1.54, 1.807) is 0 Å². The van der Waals surface area contributed by atoms with Crippen LogP contribution >= 0.6 is 11.6 Å². The summed E-state index contributed by atoms with van der Waals surface area (Å²) < 4.78 is 34.3. The van der Waals surface area contributed by atoms with Crippen molar-refractivity contribution in [3.8, 4) is 11.5 Å². The third-order valence-electron chi connectivity index (χ3n) is 3.19. The zero-order chi connectivity index (χ0) is 19.3. The monoisotopic (exact) mass is 399 g/mol. The second-order valence-electron chi connectivity index (χ2n) is 4.84. The SMILES string of the molecule is COc1cc(/C=N/NS(=O)(=O)c2ccc(Cl)cc2)cc([N+](=O)[O-])c1OC. The molecule has 0 saturated heterocycles. The predicted octanol–water partition coefficient (Wildman–Crippen LogP) is 2.58. The van der Waals surface area contributed by atoms with Crippen molar-refractivity contribution in [3.05, 3.63) is 57.1 Å². The van der Waals surface area contributed by atoms with Gasteiger partial charge >= 0.3 is 5.69 Å². The molecule has 0 atom stereocenters. The van der Waals surface area contributed by atoms with Crippen LogP contribution in [0.25, 0.3) is 0 Å². The maximum atomic E-state index is 12.1. The number of halogens is 1. The van der Waals surface area contributed by atoms with Crippen LogP contribution in [0.4, 0.5) is 5.69 Å². The molecule has 9 nitrogen and oxygen atoms in total. The fourth-order valence-corrected chi connectivity index (χ4v) is 2.93. The molecule has 0 aliphatic carbocycles. The van der Waals surface area contributed by atoms with Gasteiger partial charge < -0.3 is 9.47 Å². The summed E-state index contributed by atoms with van der Waals surface area (Å²) in [6.45, 7) is 0. The molecular weight excluding hydrogens is 386 g/mol. The van der Waals surface area contributed by atoms with Crippen LogP contribution in [0.5, 0.6) is 11.5 Å². The van der Waals surface area contributed by atoms with E-state index in [0.717, 1.165) is 6.21 Å². The lowest BCUT2D eigenvalue weighted by atomic mass is 10.2. The molecule has 2 aromatic rings. The average Bonchev–Trinajstić information content (AvgIpc) is 2.61. The predicted molar refractivity (Wildman–Crippen MR) is 95.6 cm³/mol. The first kappa shape index (κ1) is 19.5. The molecule has 0 aromatic heterocycles. The molecule has 0 unspecified atom stereocenters. The van der Waals surface area contributed by atoms with Crippen LogP contribution in [0.2, 0.25) is 5.02 Å². The molecule has 0 amide bonds. The Labute approximate surface area is 154 Å². The van der Waals surface area contributed by atoms with Crippen LogP contribution in [0.1, 0.15) is 5.56 Å². The molecular formula is C15H14ClN3O6S. The molecule has 11 heteroatoms. The molecule has 0 heterocycles. The van der Waals surface area contributed by atoms with Gasteiger partial charge in [0.1, 0.15) is 0 Å². The second kappa shape index (κ2) is 8.02. The van der Waals surface area contributed by atoms with Crippen LogP contribution in [0, 0.1) is 10.1 Å². The van der Waals surface area contributed by atoms with Gasteiger partial charge in [0.25, 0.3) is 10.0 Å². The van der Waals surface area contributed by atoms with Gasteiger partial charge in [0.2, 0.25) is 5.75 Å². The minimum atomic E-state index is -3.90. The lowest BCUT2D eigenvalue weighted by Gasteiger charge is -2.08. The third-order valence-corrected chi connectivity index (χ3v) is 4.68. The number of nitrogens with one attached hydrogen (secondary N) is 1. The quantitative estimate of drug-likeness (QED) is 0.434. The number of hydrazone groups is 1. The number of sulfonamides is 1. The molecule has 2 aromatic carbocycles. The third kappa shape index (κ3) is 4.41. The summed E-state index contributed by atoms with van der Waals surface area (Å²) >= 11 is 5.72. The molecule has 0 bridgehead atoms. The smallest absolute Gasteiger partial charge is 0.315 e. The Morgan fingerprint density at radius 3 is 2.38 bits per heavy atom. The van der Waals surface area contributed by atoms with E-state index in [2.05, 4.69) is 5.10 Å². The van der Waals surface area contributed by atoms with E-state index in [1.165, 1.54) is 50.6 Å². The first-order valence-electron chi connectivity index (χ1n) is 6.99. The Morgan fingerprint density at radius 1 is 1.19 bits per heavy atom. The first-order valence-corrected chi connectivity index (χ1v) is 8.85. The molecule has 0 aliphatic heterocycles. The Balaban J connectivity index is 2.29. The fourth-order valence-electron chi connectivity index (χ4n) is 2.01. The second-order valence-corrected chi connectivity index (χ2v) is 6.94. The lowest BCUT2D eigenvalue weighted by molar-refractivity contribution is -0.385. The van der Waals surface area contributed by atoms with Gasteiger partial charge in [-0.25, -0.2) is 4.83 Å². The molecule has 0 saturated carbocycles. The highest BCUT2D eigenvalue weighted by Gasteiger charge is 2.21. The Morgan fingerprint density at radius 2 is 1.85 bits per heavy atom. The van der Waals surface area contributed by atoms with Crippen molar-refractivity contribution in [3.63, 3.8) is 0 Å². The normalized spacial score (nSPS) is 11.3. The molecule has 0 radical (unpaired) electrons. The maximum Gasteiger partial charge on any atom is 0.315 e. The van der Waals surface area contributed by atoms with E-state index < -0.39 is 14.9 Å². The summed E-state index contributed by atoms with van der Waals surface area (Å²) in [4.78, 5) is 12.5. The number of hydrogen-bond donors (Lipinski definition) is 1. The Bertz CT molecular complexity index is 945. The topological polar surface area (TPSA) is 120 Å². The van der Waals surface area contributed by atoms with Gasteiger partial charge in [0.05, 0.1) is 30.3 Å². The van der Waals surface area contributed by atoms with Gasteiger partial charge in [-0.3, -0.25) is 10.1 Å². The molecule has 26 heavy (non-hydrogen) atoms. The highest BCUT2D eigenvalue weighted by Crippen LogP contribution is 2.37. The number of hydrogen-bond acceptors (Lipinski definition) is 7. The summed E-state index contributed by atoms with van der Waals surface area (Å²) in [7, 11) is -1.30. The highest BCUT2D eigenvalue weighted by atomic mass is 35.5. The van der Waals surface area contributed by atoms with E-state index >= 15 is 0 Å². The van der Waals surface area contributed by atoms with Gasteiger partial charge in [0, 0.05) is 16.7 Å². The fraction of sp³-hybridized carbons (Fsp3) is 0.133. The maximum absolute atomic E-state index is 12.1. The van der Waals surface area contributed by atoms with E-state index in [4.69, 9.17) is 21.1 Å². The van der Waals surface area contributed by atoms with E-state index in [9.17, 15) is 18.5 Å². The first-order chi connectivity index (χ1) is 12.3. The van der Waals surface area contributed by atoms with Gasteiger partial charge in [-0.05, 0) is 30.3 Å². The van der Waals surface area contributed by atoms with Gasteiger partial charge in [-0.2, -0.15) is 13.5 Å². The minimum Gasteiger partial charge on any atom is -0.493 e. The van der Waals surface area contributed by atoms with Gasteiger partial charge in [0.15, 0.2) is 5.75 Å². The van der Waals surface area contributed by atoms with Crippen molar-refractivity contribution in [2.24, 2.45) is 5.10 Å². The summed E-state index contributed by atoms with van der Waals surface area (Å²) in [6, 6.07) is 8.10. The standard InChI is InChI=1S/C15H14ClN3O6S/c1-24-14-8-10(7-13(19(20)21)15(14)25-2)9-17-18-26(22,23)12-5-3-11(16)4-6-12/h3-9,18H,1-2H3/b17-9+.